The van der Waals surface area contributed by atoms with E-state index >= 15 is 0 Å². The number of pyridine rings is 1. The number of nitrogen functional groups attached to an aromatic ring is 1. The standard InChI is InChI=1S/C23H23FN8O/c1-12(2)4-6-14-21-26-8-9-32(21)11-15(28-14)19-29-18(25)17-20(30-19)31-22(33)23(17,3)16-7-5-13(24)10-27-16/h5,7-12H,4,6H2,1-3H3,(H3,25,29,30,31,33). The molecule has 0 saturated heterocycles. The van der Waals surface area contributed by atoms with Gasteiger partial charge in [0.15, 0.2) is 11.5 Å². The van der Waals surface area contributed by atoms with Gasteiger partial charge < -0.3 is 15.5 Å². The SMILES string of the molecule is CC(C)CCc1nc(-c2nc(N)c3c(n2)NC(=O)C3(C)c2ccc(F)cn2)cn2ccnc12. The fourth-order valence-electron chi connectivity index (χ4n) is 4.14. The highest BCUT2D eigenvalue weighted by Crippen LogP contribution is 2.44. The van der Waals surface area contributed by atoms with E-state index in [1.165, 1.54) is 12.1 Å². The third-order valence-corrected chi connectivity index (χ3v) is 5.99. The maximum atomic E-state index is 13.4. The van der Waals surface area contributed by atoms with Gasteiger partial charge in [-0.15, -0.1) is 0 Å². The highest BCUT2D eigenvalue weighted by atomic mass is 19.1. The molecule has 0 saturated carbocycles. The zero-order chi connectivity index (χ0) is 23.3. The number of hydrogen-bond acceptors (Lipinski definition) is 7. The number of carbonyl (C=O) groups excluding carboxylic acids is 1. The van der Waals surface area contributed by atoms with E-state index in [4.69, 9.17) is 10.7 Å². The molecule has 10 heteroatoms. The number of aryl methyl sites for hydroxylation is 1. The summed E-state index contributed by atoms with van der Waals surface area (Å²) in [5.74, 6) is 0.403. The summed E-state index contributed by atoms with van der Waals surface area (Å²) in [6, 6.07) is 2.72. The number of amides is 1. The first kappa shape index (κ1) is 20.9. The summed E-state index contributed by atoms with van der Waals surface area (Å²) in [4.78, 5) is 35.4. The molecule has 1 atom stereocenters. The predicted octanol–water partition coefficient (Wildman–Crippen LogP) is 3.15. The lowest BCUT2D eigenvalue weighted by Gasteiger charge is -2.22. The lowest BCUT2D eigenvalue weighted by molar-refractivity contribution is -0.119. The van der Waals surface area contributed by atoms with Gasteiger partial charge in [0.05, 0.1) is 23.1 Å². The van der Waals surface area contributed by atoms with Crippen molar-refractivity contribution in [2.75, 3.05) is 11.1 Å². The molecule has 1 aliphatic rings. The summed E-state index contributed by atoms with van der Waals surface area (Å²) in [5, 5.41) is 2.79. The van der Waals surface area contributed by atoms with Gasteiger partial charge >= 0.3 is 0 Å². The summed E-state index contributed by atoms with van der Waals surface area (Å²) in [6.07, 6.45) is 8.15. The summed E-state index contributed by atoms with van der Waals surface area (Å²) in [7, 11) is 0. The van der Waals surface area contributed by atoms with Gasteiger partial charge in [-0.1, -0.05) is 13.8 Å². The van der Waals surface area contributed by atoms with Crippen molar-refractivity contribution < 1.29 is 9.18 Å². The molecule has 0 fully saturated rings. The van der Waals surface area contributed by atoms with Gasteiger partial charge in [-0.2, -0.15) is 0 Å². The minimum absolute atomic E-state index is 0.137. The van der Waals surface area contributed by atoms with Crippen LogP contribution in [0.4, 0.5) is 16.0 Å². The Morgan fingerprint density at radius 1 is 1.21 bits per heavy atom. The van der Waals surface area contributed by atoms with Gasteiger partial charge in [0.25, 0.3) is 0 Å². The number of carbonyl (C=O) groups is 1. The Balaban J connectivity index is 1.61. The number of imidazole rings is 1. The second-order valence-electron chi connectivity index (χ2n) is 8.76. The van der Waals surface area contributed by atoms with Gasteiger partial charge in [0, 0.05) is 18.6 Å². The number of nitrogens with zero attached hydrogens (tertiary/aromatic N) is 6. The zero-order valence-corrected chi connectivity index (χ0v) is 18.5. The third-order valence-electron chi connectivity index (χ3n) is 5.99. The summed E-state index contributed by atoms with van der Waals surface area (Å²) >= 11 is 0. The molecular weight excluding hydrogens is 423 g/mol. The van der Waals surface area contributed by atoms with Crippen LogP contribution in [-0.4, -0.2) is 35.2 Å². The number of aromatic nitrogens is 6. The van der Waals surface area contributed by atoms with Crippen molar-refractivity contribution in [3.8, 4) is 11.5 Å². The van der Waals surface area contributed by atoms with Crippen LogP contribution in [0.5, 0.6) is 0 Å². The van der Waals surface area contributed by atoms with Crippen LogP contribution in [0.1, 0.15) is 44.1 Å². The first-order valence-electron chi connectivity index (χ1n) is 10.7. The van der Waals surface area contributed by atoms with Crippen molar-refractivity contribution in [3.05, 3.63) is 59.7 Å². The van der Waals surface area contributed by atoms with E-state index in [-0.39, 0.29) is 11.7 Å². The lowest BCUT2D eigenvalue weighted by Crippen LogP contribution is -2.34. The van der Waals surface area contributed by atoms with Gasteiger partial charge in [-0.05, 0) is 37.8 Å². The first-order chi connectivity index (χ1) is 15.8. The second-order valence-corrected chi connectivity index (χ2v) is 8.76. The molecule has 5 heterocycles. The van der Waals surface area contributed by atoms with Crippen LogP contribution < -0.4 is 11.1 Å². The van der Waals surface area contributed by atoms with Crippen molar-refractivity contribution in [1.29, 1.82) is 0 Å². The Morgan fingerprint density at radius 3 is 2.76 bits per heavy atom. The molecule has 168 valence electrons. The average Bonchev–Trinajstić information content (AvgIpc) is 3.35. The second kappa shape index (κ2) is 7.58. The number of nitrogens with one attached hydrogen (secondary N) is 1. The van der Waals surface area contributed by atoms with Crippen LogP contribution >= 0.6 is 0 Å². The van der Waals surface area contributed by atoms with Crippen molar-refractivity contribution in [2.45, 2.75) is 39.0 Å². The average molecular weight is 446 g/mol. The number of nitrogens with two attached hydrogens (primary N) is 1. The van der Waals surface area contributed by atoms with Crippen molar-refractivity contribution in [1.82, 2.24) is 29.3 Å². The molecule has 5 rings (SSSR count). The highest BCUT2D eigenvalue weighted by molar-refractivity contribution is 6.08. The van der Waals surface area contributed by atoms with E-state index in [0.29, 0.717) is 34.5 Å². The van der Waals surface area contributed by atoms with Crippen LogP contribution in [0.3, 0.4) is 0 Å². The molecule has 0 radical (unpaired) electrons. The van der Waals surface area contributed by atoms with Crippen molar-refractivity contribution >= 4 is 23.2 Å². The quantitative estimate of drug-likeness (QED) is 0.482. The number of rotatable bonds is 5. The molecule has 3 N–H and O–H groups in total. The van der Waals surface area contributed by atoms with Crippen LogP contribution in [0, 0.1) is 11.7 Å². The maximum absolute atomic E-state index is 13.4. The van der Waals surface area contributed by atoms with E-state index in [2.05, 4.69) is 39.1 Å². The summed E-state index contributed by atoms with van der Waals surface area (Å²) < 4.78 is 15.3. The lowest BCUT2D eigenvalue weighted by atomic mass is 9.81. The Hall–Kier alpha value is -3.95. The molecule has 0 aliphatic carbocycles. The van der Waals surface area contributed by atoms with Crippen molar-refractivity contribution in [2.24, 2.45) is 5.92 Å². The fraction of sp³-hybridized carbons (Fsp3) is 0.304. The highest BCUT2D eigenvalue weighted by Gasteiger charge is 2.48. The molecule has 1 amide bonds. The van der Waals surface area contributed by atoms with Crippen LogP contribution in [0.25, 0.3) is 17.2 Å². The van der Waals surface area contributed by atoms with Crippen LogP contribution in [0.15, 0.2) is 36.9 Å². The van der Waals surface area contributed by atoms with Crippen LogP contribution in [0.2, 0.25) is 0 Å². The molecule has 4 aromatic rings. The monoisotopic (exact) mass is 446 g/mol. The predicted molar refractivity (Wildman–Crippen MR) is 121 cm³/mol. The minimum Gasteiger partial charge on any atom is -0.383 e. The number of fused-ring (bicyclic) bond motifs is 2. The molecule has 1 unspecified atom stereocenters. The van der Waals surface area contributed by atoms with Gasteiger partial charge in [-0.3, -0.25) is 9.78 Å². The molecule has 0 bridgehead atoms. The van der Waals surface area contributed by atoms with Crippen LogP contribution in [-0.2, 0) is 16.6 Å². The molecule has 0 spiro atoms. The zero-order valence-electron chi connectivity index (χ0n) is 18.5. The molecule has 4 aromatic heterocycles. The van der Waals surface area contributed by atoms with E-state index in [1.54, 1.807) is 19.3 Å². The van der Waals surface area contributed by atoms with Gasteiger partial charge in [0.2, 0.25) is 5.91 Å². The van der Waals surface area contributed by atoms with Crippen molar-refractivity contribution in [3.63, 3.8) is 0 Å². The maximum Gasteiger partial charge on any atom is 0.242 e. The molecule has 33 heavy (non-hydrogen) atoms. The Kier molecular flexibility index (Phi) is 4.80. The van der Waals surface area contributed by atoms with E-state index < -0.39 is 11.2 Å². The number of hydrogen-bond donors (Lipinski definition) is 2. The summed E-state index contributed by atoms with van der Waals surface area (Å²) in [5.41, 5.74) is 8.04. The smallest absolute Gasteiger partial charge is 0.242 e. The number of halogens is 1. The Bertz CT molecular complexity index is 1380. The molecule has 0 aromatic carbocycles. The van der Waals surface area contributed by atoms with Gasteiger partial charge in [-0.25, -0.2) is 24.3 Å². The van der Waals surface area contributed by atoms with Gasteiger partial charge in [0.1, 0.15) is 28.6 Å². The number of anilines is 2. The third kappa shape index (κ3) is 3.38. The topological polar surface area (TPSA) is 124 Å². The minimum atomic E-state index is -1.24. The first-order valence-corrected chi connectivity index (χ1v) is 10.7. The Morgan fingerprint density at radius 2 is 2.03 bits per heavy atom. The van der Waals surface area contributed by atoms with E-state index in [0.717, 1.165) is 30.4 Å². The fourth-order valence-corrected chi connectivity index (χ4v) is 4.14. The van der Waals surface area contributed by atoms with E-state index in [1.807, 2.05) is 10.6 Å². The van der Waals surface area contributed by atoms with E-state index in [9.17, 15) is 9.18 Å². The molecular formula is C23H23FN8O. The molecule has 1 aliphatic heterocycles. The Labute approximate surface area is 189 Å². The molecule has 9 nitrogen and oxygen atoms in total. The normalized spacial score (nSPS) is 17.5. The summed E-state index contributed by atoms with van der Waals surface area (Å²) in [6.45, 7) is 5.99. The largest absolute Gasteiger partial charge is 0.383 e.